The number of piperazine rings is 1. The Kier molecular flexibility index (Phi) is 3.33. The number of nitrogens with zero attached hydrogens (tertiary/aromatic N) is 3. The Morgan fingerprint density at radius 3 is 2.50 bits per heavy atom. The first kappa shape index (κ1) is 11.3. The first-order valence-corrected chi connectivity index (χ1v) is 6.00. The van der Waals surface area contributed by atoms with Crippen LogP contribution in [0.2, 0.25) is 0 Å². The fraction of sp³-hybridized carbons (Fsp3) is 0.727. The summed E-state index contributed by atoms with van der Waals surface area (Å²) in [7, 11) is 0. The number of H-pyrrole nitrogens is 1. The summed E-state index contributed by atoms with van der Waals surface area (Å²) >= 11 is 0. The number of anilines is 2. The molecule has 0 saturated carbocycles. The van der Waals surface area contributed by atoms with Crippen LogP contribution in [0, 0.1) is 6.92 Å². The zero-order valence-electron chi connectivity index (χ0n) is 10.2. The lowest BCUT2D eigenvalue weighted by Crippen LogP contribution is -2.46. The molecule has 0 radical (unpaired) electrons. The molecule has 0 atom stereocenters. The molecule has 0 spiro atoms. The van der Waals surface area contributed by atoms with E-state index in [2.05, 4.69) is 26.7 Å². The van der Waals surface area contributed by atoms with Gasteiger partial charge in [0.05, 0.1) is 0 Å². The van der Waals surface area contributed by atoms with Crippen molar-refractivity contribution in [1.82, 2.24) is 14.9 Å². The Morgan fingerprint density at radius 1 is 1.31 bits per heavy atom. The van der Waals surface area contributed by atoms with Gasteiger partial charge in [0.1, 0.15) is 11.6 Å². The van der Waals surface area contributed by atoms with Gasteiger partial charge < -0.3 is 15.6 Å². The Hall–Kier alpha value is -1.23. The highest BCUT2D eigenvalue weighted by Gasteiger charge is 2.20. The van der Waals surface area contributed by atoms with Crippen molar-refractivity contribution in [2.75, 3.05) is 43.4 Å². The number of aromatic nitrogens is 2. The molecule has 0 aromatic carbocycles. The van der Waals surface area contributed by atoms with Crippen molar-refractivity contribution in [3.8, 4) is 0 Å². The number of nitrogen functional groups attached to an aromatic ring is 1. The zero-order valence-corrected chi connectivity index (χ0v) is 10.2. The molecule has 0 unspecified atom stereocenters. The van der Waals surface area contributed by atoms with Crippen LogP contribution >= 0.6 is 0 Å². The molecular weight excluding hydrogens is 202 g/mol. The van der Waals surface area contributed by atoms with Crippen molar-refractivity contribution >= 4 is 11.6 Å². The maximum Gasteiger partial charge on any atom is 0.171 e. The minimum absolute atomic E-state index is 0.696. The Morgan fingerprint density at radius 2 is 2.00 bits per heavy atom. The van der Waals surface area contributed by atoms with Gasteiger partial charge in [0, 0.05) is 26.2 Å². The van der Waals surface area contributed by atoms with E-state index in [1.165, 1.54) is 13.0 Å². The largest absolute Gasteiger partial charge is 0.382 e. The number of nitrogens with two attached hydrogens (primary N) is 1. The second kappa shape index (κ2) is 4.74. The maximum atomic E-state index is 5.89. The summed E-state index contributed by atoms with van der Waals surface area (Å²) in [4.78, 5) is 12.2. The smallest absolute Gasteiger partial charge is 0.171 e. The van der Waals surface area contributed by atoms with E-state index in [4.69, 9.17) is 5.73 Å². The van der Waals surface area contributed by atoms with Crippen LogP contribution in [0.1, 0.15) is 19.2 Å². The second-order valence-electron chi connectivity index (χ2n) is 4.39. The van der Waals surface area contributed by atoms with Crippen LogP contribution in [0.15, 0.2) is 0 Å². The third kappa shape index (κ3) is 2.29. The van der Waals surface area contributed by atoms with E-state index in [-0.39, 0.29) is 0 Å². The summed E-state index contributed by atoms with van der Waals surface area (Å²) in [6.07, 6.45) is 1.23. The summed E-state index contributed by atoms with van der Waals surface area (Å²) in [5, 5.41) is 0. The average Bonchev–Trinajstić information content (AvgIpc) is 2.59. The predicted molar refractivity (Wildman–Crippen MR) is 66.7 cm³/mol. The minimum atomic E-state index is 0.696. The third-order valence-electron chi connectivity index (χ3n) is 3.04. The number of rotatable bonds is 3. The summed E-state index contributed by atoms with van der Waals surface area (Å²) in [5.41, 5.74) is 5.89. The molecule has 2 heterocycles. The van der Waals surface area contributed by atoms with Crippen LogP contribution in [0.5, 0.6) is 0 Å². The normalized spacial score (nSPS) is 18.0. The Balaban J connectivity index is 1.96. The van der Waals surface area contributed by atoms with E-state index < -0.39 is 0 Å². The van der Waals surface area contributed by atoms with E-state index >= 15 is 0 Å². The molecule has 1 aliphatic heterocycles. The number of hydrogen-bond donors (Lipinski definition) is 2. The quantitative estimate of drug-likeness (QED) is 0.797. The van der Waals surface area contributed by atoms with Crippen molar-refractivity contribution in [2.24, 2.45) is 0 Å². The molecule has 1 aromatic heterocycles. The number of nitrogens with one attached hydrogen (secondary N) is 1. The lowest BCUT2D eigenvalue weighted by Gasteiger charge is -2.34. The van der Waals surface area contributed by atoms with Gasteiger partial charge in [-0.25, -0.2) is 4.98 Å². The summed E-state index contributed by atoms with van der Waals surface area (Å²) in [6.45, 7) is 9.62. The fourth-order valence-electron chi connectivity index (χ4n) is 2.24. The highest BCUT2D eigenvalue weighted by atomic mass is 15.3. The van der Waals surface area contributed by atoms with Gasteiger partial charge in [-0.3, -0.25) is 4.90 Å². The van der Waals surface area contributed by atoms with Crippen LogP contribution in [-0.2, 0) is 0 Å². The lowest BCUT2D eigenvalue weighted by molar-refractivity contribution is 0.258. The molecule has 1 aliphatic rings. The van der Waals surface area contributed by atoms with Gasteiger partial charge in [0.25, 0.3) is 0 Å². The van der Waals surface area contributed by atoms with E-state index in [0.29, 0.717) is 5.82 Å². The average molecular weight is 223 g/mol. The molecule has 2 rings (SSSR count). The molecule has 1 saturated heterocycles. The molecular formula is C11H21N5. The van der Waals surface area contributed by atoms with Crippen molar-refractivity contribution in [1.29, 1.82) is 0 Å². The van der Waals surface area contributed by atoms with E-state index in [9.17, 15) is 0 Å². The highest BCUT2D eigenvalue weighted by Crippen LogP contribution is 2.20. The summed E-state index contributed by atoms with van der Waals surface area (Å²) in [5.74, 6) is 2.51. The molecule has 5 heteroatoms. The van der Waals surface area contributed by atoms with Crippen LogP contribution in [0.25, 0.3) is 0 Å². The number of aromatic amines is 1. The molecule has 0 bridgehead atoms. The molecule has 3 N–H and O–H groups in total. The highest BCUT2D eigenvalue weighted by molar-refractivity contribution is 5.59. The van der Waals surface area contributed by atoms with Crippen molar-refractivity contribution < 1.29 is 0 Å². The van der Waals surface area contributed by atoms with Crippen molar-refractivity contribution in [2.45, 2.75) is 20.3 Å². The number of imidazole rings is 1. The van der Waals surface area contributed by atoms with Gasteiger partial charge in [0.15, 0.2) is 5.82 Å². The van der Waals surface area contributed by atoms with Gasteiger partial charge in [-0.1, -0.05) is 6.92 Å². The monoisotopic (exact) mass is 223 g/mol. The van der Waals surface area contributed by atoms with Crippen LogP contribution in [0.4, 0.5) is 11.6 Å². The zero-order chi connectivity index (χ0) is 11.5. The first-order chi connectivity index (χ1) is 7.70. The Labute approximate surface area is 96.6 Å². The summed E-state index contributed by atoms with van der Waals surface area (Å²) in [6, 6.07) is 0. The number of hydrogen-bond acceptors (Lipinski definition) is 4. The van der Waals surface area contributed by atoms with E-state index in [1.807, 2.05) is 6.92 Å². The van der Waals surface area contributed by atoms with Gasteiger partial charge >= 0.3 is 0 Å². The fourth-order valence-corrected chi connectivity index (χ4v) is 2.24. The number of aryl methyl sites for hydroxylation is 1. The predicted octanol–water partition coefficient (Wildman–Crippen LogP) is 0.832. The molecule has 0 amide bonds. The lowest BCUT2D eigenvalue weighted by atomic mass is 10.3. The Bertz CT molecular complexity index is 338. The summed E-state index contributed by atoms with van der Waals surface area (Å²) < 4.78 is 0. The maximum absolute atomic E-state index is 5.89. The van der Waals surface area contributed by atoms with Gasteiger partial charge in [0.2, 0.25) is 0 Å². The van der Waals surface area contributed by atoms with Crippen molar-refractivity contribution in [3.63, 3.8) is 0 Å². The van der Waals surface area contributed by atoms with Crippen molar-refractivity contribution in [3.05, 3.63) is 5.82 Å². The topological polar surface area (TPSA) is 61.2 Å². The third-order valence-corrected chi connectivity index (χ3v) is 3.04. The molecule has 5 nitrogen and oxygen atoms in total. The molecule has 16 heavy (non-hydrogen) atoms. The second-order valence-corrected chi connectivity index (χ2v) is 4.39. The molecule has 1 fully saturated rings. The molecule has 1 aromatic rings. The molecule has 0 aliphatic carbocycles. The minimum Gasteiger partial charge on any atom is -0.382 e. The first-order valence-electron chi connectivity index (χ1n) is 6.00. The van der Waals surface area contributed by atoms with E-state index in [1.54, 1.807) is 0 Å². The van der Waals surface area contributed by atoms with Crippen LogP contribution in [-0.4, -0.2) is 47.6 Å². The van der Waals surface area contributed by atoms with Gasteiger partial charge in [-0.15, -0.1) is 0 Å². The van der Waals surface area contributed by atoms with Crippen LogP contribution < -0.4 is 10.6 Å². The van der Waals surface area contributed by atoms with Gasteiger partial charge in [-0.2, -0.15) is 0 Å². The van der Waals surface area contributed by atoms with Crippen LogP contribution in [0.3, 0.4) is 0 Å². The van der Waals surface area contributed by atoms with Gasteiger partial charge in [-0.05, 0) is 19.9 Å². The SMILES string of the molecule is CCCN1CCN(c2nc(C)[nH]c2N)CC1. The molecule has 90 valence electrons. The standard InChI is InChI=1S/C11H21N5/c1-3-4-15-5-7-16(8-6-15)11-10(12)13-9(2)14-11/h3-8,12H2,1-2H3,(H,13,14). The van der Waals surface area contributed by atoms with E-state index in [0.717, 1.165) is 37.8 Å².